The van der Waals surface area contributed by atoms with E-state index in [4.69, 9.17) is 14.2 Å². The summed E-state index contributed by atoms with van der Waals surface area (Å²) in [5.74, 6) is 0.163. The predicted octanol–water partition coefficient (Wildman–Crippen LogP) is 3.56. The molecule has 38 heavy (non-hydrogen) atoms. The summed E-state index contributed by atoms with van der Waals surface area (Å²) in [6, 6.07) is 16.6. The van der Waals surface area contributed by atoms with Gasteiger partial charge in [-0.2, -0.15) is 4.98 Å². The van der Waals surface area contributed by atoms with Crippen molar-refractivity contribution in [2.45, 2.75) is 19.2 Å². The van der Waals surface area contributed by atoms with E-state index in [0.717, 1.165) is 0 Å². The lowest BCUT2D eigenvalue weighted by Gasteiger charge is -2.27. The SMILES string of the molecule is O=C(OC1Cn2c(-c3ccnc(Oc4ccccc4)n3)c(-c3ccc(F)cc3)c(=O)n2C1)N1CCOCC1. The van der Waals surface area contributed by atoms with Crippen LogP contribution in [0, 0.1) is 5.82 Å². The van der Waals surface area contributed by atoms with E-state index in [1.807, 2.05) is 18.2 Å². The normalized spacial score (nSPS) is 16.8. The molecule has 2 aliphatic rings. The molecule has 2 aromatic carbocycles. The average Bonchev–Trinajstić information content (AvgIpc) is 3.47. The molecule has 0 bridgehead atoms. The molecule has 2 aliphatic heterocycles. The van der Waals surface area contributed by atoms with Gasteiger partial charge in [0.1, 0.15) is 17.7 Å². The van der Waals surface area contributed by atoms with Crippen LogP contribution < -0.4 is 10.3 Å². The molecule has 4 aromatic rings. The molecule has 0 saturated carbocycles. The Hall–Kier alpha value is -4.51. The molecule has 11 heteroatoms. The maximum atomic E-state index is 13.7. The standard InChI is InChI=1S/C27H24FN5O5/c28-19-8-6-18(7-9-19)23-24(22-10-11-29-26(30-22)37-20-4-2-1-3-5-20)32-16-21(17-33(32)25(23)34)38-27(35)31-12-14-36-15-13-31/h1-11,21H,12-17H2. The van der Waals surface area contributed by atoms with Crippen molar-refractivity contribution in [3.05, 3.63) is 83.0 Å². The van der Waals surface area contributed by atoms with Gasteiger partial charge in [-0.15, -0.1) is 0 Å². The summed E-state index contributed by atoms with van der Waals surface area (Å²) < 4.78 is 33.8. The molecule has 10 nitrogen and oxygen atoms in total. The van der Waals surface area contributed by atoms with Gasteiger partial charge >= 0.3 is 12.1 Å². The van der Waals surface area contributed by atoms with Crippen molar-refractivity contribution in [2.24, 2.45) is 0 Å². The second-order valence-electron chi connectivity index (χ2n) is 8.94. The summed E-state index contributed by atoms with van der Waals surface area (Å²) in [6.07, 6.45) is 0.577. The number of nitrogens with zero attached hydrogens (tertiary/aromatic N) is 5. The molecule has 194 valence electrons. The molecule has 1 unspecified atom stereocenters. The summed E-state index contributed by atoms with van der Waals surface area (Å²) in [6.45, 7) is 2.28. The first-order chi connectivity index (χ1) is 18.6. The first-order valence-electron chi connectivity index (χ1n) is 12.3. The van der Waals surface area contributed by atoms with E-state index in [1.165, 1.54) is 16.8 Å². The number of amides is 1. The maximum absolute atomic E-state index is 13.7. The lowest BCUT2D eigenvalue weighted by atomic mass is 10.0. The Morgan fingerprint density at radius 3 is 2.47 bits per heavy atom. The lowest BCUT2D eigenvalue weighted by molar-refractivity contribution is 0.0119. The maximum Gasteiger partial charge on any atom is 0.410 e. The van der Waals surface area contributed by atoms with Crippen molar-refractivity contribution in [2.75, 3.05) is 26.3 Å². The Kier molecular flexibility index (Phi) is 6.34. The zero-order valence-corrected chi connectivity index (χ0v) is 20.3. The van der Waals surface area contributed by atoms with Crippen molar-refractivity contribution < 1.29 is 23.4 Å². The highest BCUT2D eigenvalue weighted by Crippen LogP contribution is 2.33. The van der Waals surface area contributed by atoms with Crippen molar-refractivity contribution >= 4 is 6.09 Å². The number of carbonyl (C=O) groups is 1. The number of halogens is 1. The first-order valence-corrected chi connectivity index (χ1v) is 12.3. The van der Waals surface area contributed by atoms with Crippen molar-refractivity contribution in [1.29, 1.82) is 0 Å². The number of ether oxygens (including phenoxy) is 3. The monoisotopic (exact) mass is 517 g/mol. The van der Waals surface area contributed by atoms with Crippen LogP contribution in [0.1, 0.15) is 0 Å². The second-order valence-corrected chi connectivity index (χ2v) is 8.94. The van der Waals surface area contributed by atoms with Crippen LogP contribution in [0.3, 0.4) is 0 Å². The van der Waals surface area contributed by atoms with Gasteiger partial charge in [-0.1, -0.05) is 30.3 Å². The van der Waals surface area contributed by atoms with Crippen molar-refractivity contribution in [1.82, 2.24) is 24.2 Å². The third-order valence-electron chi connectivity index (χ3n) is 6.49. The summed E-state index contributed by atoms with van der Waals surface area (Å²) in [7, 11) is 0. The van der Waals surface area contributed by atoms with Crippen LogP contribution in [-0.4, -0.2) is 62.7 Å². The van der Waals surface area contributed by atoms with Gasteiger partial charge in [0, 0.05) is 19.3 Å². The number of benzene rings is 2. The number of hydrogen-bond donors (Lipinski definition) is 0. The van der Waals surface area contributed by atoms with Crippen LogP contribution in [0.5, 0.6) is 11.8 Å². The lowest BCUT2D eigenvalue weighted by Crippen LogP contribution is -2.42. The van der Waals surface area contributed by atoms with Gasteiger partial charge in [0.25, 0.3) is 5.56 Å². The van der Waals surface area contributed by atoms with Crippen molar-refractivity contribution in [3.63, 3.8) is 0 Å². The number of fused-ring (bicyclic) bond motifs is 1. The quantitative estimate of drug-likeness (QED) is 0.399. The van der Waals surface area contributed by atoms with E-state index in [-0.39, 0.29) is 24.7 Å². The fraction of sp³-hybridized carbons (Fsp3) is 0.259. The van der Waals surface area contributed by atoms with E-state index in [9.17, 15) is 14.0 Å². The largest absolute Gasteiger partial charge is 0.442 e. The topological polar surface area (TPSA) is 101 Å². The summed E-state index contributed by atoms with van der Waals surface area (Å²) in [5.41, 5.74) is 1.58. The van der Waals surface area contributed by atoms with Gasteiger partial charge in [-0.3, -0.25) is 9.48 Å². The minimum Gasteiger partial charge on any atom is -0.442 e. The molecule has 1 fully saturated rings. The third kappa shape index (κ3) is 4.63. The van der Waals surface area contributed by atoms with E-state index in [2.05, 4.69) is 9.97 Å². The molecule has 1 saturated heterocycles. The highest BCUT2D eigenvalue weighted by Gasteiger charge is 2.34. The molecule has 6 rings (SSSR count). The van der Waals surface area contributed by atoms with Crippen molar-refractivity contribution in [3.8, 4) is 34.3 Å². The Morgan fingerprint density at radius 2 is 1.71 bits per heavy atom. The van der Waals surface area contributed by atoms with Gasteiger partial charge in [0.2, 0.25) is 0 Å². The molecule has 1 atom stereocenters. The zero-order chi connectivity index (χ0) is 26.1. The number of para-hydroxylation sites is 1. The van der Waals surface area contributed by atoms with Gasteiger partial charge in [-0.25, -0.2) is 18.9 Å². The van der Waals surface area contributed by atoms with Crippen LogP contribution >= 0.6 is 0 Å². The molecule has 0 N–H and O–H groups in total. The van der Waals surface area contributed by atoms with E-state index in [1.54, 1.807) is 46.1 Å². The molecule has 2 aromatic heterocycles. The van der Waals surface area contributed by atoms with E-state index in [0.29, 0.717) is 54.6 Å². The van der Waals surface area contributed by atoms with E-state index < -0.39 is 18.0 Å². The van der Waals surface area contributed by atoms with Gasteiger partial charge < -0.3 is 19.1 Å². The molecule has 1 amide bonds. The van der Waals surface area contributed by atoms with Crippen LogP contribution in [-0.2, 0) is 22.6 Å². The van der Waals surface area contributed by atoms with E-state index >= 15 is 0 Å². The van der Waals surface area contributed by atoms with Gasteiger partial charge in [0.05, 0.1) is 43.3 Å². The van der Waals surface area contributed by atoms with Crippen LogP contribution in [0.4, 0.5) is 9.18 Å². The molecular formula is C27H24FN5O5. The van der Waals surface area contributed by atoms with Crippen LogP contribution in [0.2, 0.25) is 0 Å². The van der Waals surface area contributed by atoms with Crippen LogP contribution in [0.25, 0.3) is 22.5 Å². The fourth-order valence-electron chi connectivity index (χ4n) is 4.70. The Morgan fingerprint density at radius 1 is 0.974 bits per heavy atom. The summed E-state index contributed by atoms with van der Waals surface area (Å²) in [5, 5.41) is 0. The number of morpholine rings is 1. The van der Waals surface area contributed by atoms with Gasteiger partial charge in [-0.05, 0) is 35.9 Å². The Bertz CT molecular complexity index is 1510. The molecule has 0 radical (unpaired) electrons. The highest BCUT2D eigenvalue weighted by atomic mass is 19.1. The molecular weight excluding hydrogens is 493 g/mol. The number of carbonyl (C=O) groups excluding carboxylic acids is 1. The molecule has 0 spiro atoms. The minimum absolute atomic E-state index is 0.111. The average molecular weight is 518 g/mol. The highest BCUT2D eigenvalue weighted by molar-refractivity contribution is 5.79. The smallest absolute Gasteiger partial charge is 0.410 e. The Labute approximate surface area is 216 Å². The third-order valence-corrected chi connectivity index (χ3v) is 6.49. The van der Waals surface area contributed by atoms with Crippen LogP contribution in [0.15, 0.2) is 71.7 Å². The predicted molar refractivity (Wildman–Crippen MR) is 134 cm³/mol. The Balaban J connectivity index is 1.36. The summed E-state index contributed by atoms with van der Waals surface area (Å²) in [4.78, 5) is 36.7. The molecule has 4 heterocycles. The fourth-order valence-corrected chi connectivity index (χ4v) is 4.70. The number of rotatable bonds is 5. The second kappa shape index (κ2) is 10.1. The molecule has 0 aliphatic carbocycles. The summed E-state index contributed by atoms with van der Waals surface area (Å²) >= 11 is 0. The minimum atomic E-state index is -0.541. The number of hydrogen-bond acceptors (Lipinski definition) is 7. The zero-order valence-electron chi connectivity index (χ0n) is 20.3. The van der Waals surface area contributed by atoms with Gasteiger partial charge in [0.15, 0.2) is 0 Å². The first kappa shape index (κ1) is 23.9. The number of aromatic nitrogens is 4.